The van der Waals surface area contributed by atoms with Gasteiger partial charge in [-0.25, -0.2) is 4.79 Å². The number of rotatable bonds is 8. The van der Waals surface area contributed by atoms with E-state index in [-0.39, 0.29) is 17.5 Å². The molecule has 0 N–H and O–H groups in total. The van der Waals surface area contributed by atoms with Gasteiger partial charge in [0.05, 0.1) is 10.9 Å². The monoisotopic (exact) mass is 377 g/mol. The van der Waals surface area contributed by atoms with Crippen molar-refractivity contribution in [3.8, 4) is 5.75 Å². The third-order valence-corrected chi connectivity index (χ3v) is 6.01. The van der Waals surface area contributed by atoms with Crippen molar-refractivity contribution >= 4 is 16.9 Å². The summed E-state index contributed by atoms with van der Waals surface area (Å²) in [5, 5.41) is 0. The van der Waals surface area contributed by atoms with Gasteiger partial charge in [-0.15, -0.1) is 0 Å². The Kier molecular flexibility index (Phi) is 6.72. The summed E-state index contributed by atoms with van der Waals surface area (Å²) < 4.78 is 10.5. The van der Waals surface area contributed by atoms with Crippen molar-refractivity contribution in [1.82, 2.24) is 0 Å². The van der Waals surface area contributed by atoms with Gasteiger partial charge in [0.25, 0.3) is 0 Å². The summed E-state index contributed by atoms with van der Waals surface area (Å²) in [6, 6.07) is 29.1. The van der Waals surface area contributed by atoms with Crippen LogP contribution in [0.3, 0.4) is 0 Å². The molecule has 0 atom stereocenters. The van der Waals surface area contributed by atoms with E-state index in [4.69, 9.17) is 9.47 Å². The van der Waals surface area contributed by atoms with Gasteiger partial charge in [0.1, 0.15) is 19.0 Å². The zero-order chi connectivity index (χ0) is 18.9. The minimum absolute atomic E-state index is 0.174. The molecule has 3 nitrogen and oxygen atoms in total. The SMILES string of the molecule is C=CC(=O)OCCOc1ccc([S+](c2ccccc2)c2ccccc2)cc1. The number of ether oxygens (including phenoxy) is 2. The van der Waals surface area contributed by atoms with Crippen molar-refractivity contribution in [2.45, 2.75) is 14.7 Å². The number of carbonyl (C=O) groups is 1. The molecule has 27 heavy (non-hydrogen) atoms. The highest BCUT2D eigenvalue weighted by molar-refractivity contribution is 7.97. The Morgan fingerprint density at radius 1 is 0.778 bits per heavy atom. The maximum atomic E-state index is 11.0. The van der Waals surface area contributed by atoms with Crippen LogP contribution in [0, 0.1) is 0 Å². The van der Waals surface area contributed by atoms with Crippen molar-refractivity contribution in [2.24, 2.45) is 0 Å². The third kappa shape index (κ3) is 5.25. The first-order valence-corrected chi connectivity index (χ1v) is 9.87. The fourth-order valence-corrected chi connectivity index (χ4v) is 4.64. The summed E-state index contributed by atoms with van der Waals surface area (Å²) in [6.07, 6.45) is 1.14. The number of benzene rings is 3. The summed E-state index contributed by atoms with van der Waals surface area (Å²) in [6.45, 7) is 3.87. The third-order valence-electron chi connectivity index (χ3n) is 3.78. The van der Waals surface area contributed by atoms with Gasteiger partial charge in [0.15, 0.2) is 14.7 Å². The summed E-state index contributed by atoms with van der Waals surface area (Å²) >= 11 is 0. The summed E-state index contributed by atoms with van der Waals surface area (Å²) in [7, 11) is -0.174. The van der Waals surface area contributed by atoms with Crippen molar-refractivity contribution in [2.75, 3.05) is 13.2 Å². The van der Waals surface area contributed by atoms with Crippen molar-refractivity contribution in [3.63, 3.8) is 0 Å². The standard InChI is InChI=1S/C23H21O3S/c1-2-23(24)26-18-17-25-19-13-15-22(16-14-19)27(20-9-5-3-6-10-20)21-11-7-4-8-12-21/h2-16H,1,17-18H2/q+1. The van der Waals surface area contributed by atoms with E-state index in [0.717, 1.165) is 11.8 Å². The minimum atomic E-state index is -0.441. The molecule has 0 saturated carbocycles. The van der Waals surface area contributed by atoms with E-state index in [1.54, 1.807) is 0 Å². The van der Waals surface area contributed by atoms with Crippen LogP contribution in [0.4, 0.5) is 0 Å². The zero-order valence-corrected chi connectivity index (χ0v) is 15.7. The first-order chi connectivity index (χ1) is 13.3. The molecule has 0 unspecified atom stereocenters. The van der Waals surface area contributed by atoms with Gasteiger partial charge in [0.2, 0.25) is 0 Å². The van der Waals surface area contributed by atoms with Gasteiger partial charge in [-0.05, 0) is 48.5 Å². The van der Waals surface area contributed by atoms with Crippen LogP contribution < -0.4 is 4.74 Å². The van der Waals surface area contributed by atoms with E-state index in [0.29, 0.717) is 6.61 Å². The van der Waals surface area contributed by atoms with Crippen LogP contribution in [0.25, 0.3) is 0 Å². The zero-order valence-electron chi connectivity index (χ0n) is 14.9. The smallest absolute Gasteiger partial charge is 0.330 e. The normalized spacial score (nSPS) is 10.4. The number of hydrogen-bond donors (Lipinski definition) is 0. The molecule has 3 aromatic rings. The molecule has 0 amide bonds. The predicted octanol–water partition coefficient (Wildman–Crippen LogP) is 4.89. The maximum Gasteiger partial charge on any atom is 0.330 e. The topological polar surface area (TPSA) is 35.5 Å². The van der Waals surface area contributed by atoms with Crippen LogP contribution in [0.5, 0.6) is 5.75 Å². The molecule has 0 aliphatic heterocycles. The molecule has 0 fully saturated rings. The molecule has 0 spiro atoms. The highest BCUT2D eigenvalue weighted by Crippen LogP contribution is 2.31. The van der Waals surface area contributed by atoms with E-state index in [1.165, 1.54) is 14.7 Å². The summed E-state index contributed by atoms with van der Waals surface area (Å²) in [5.74, 6) is 0.307. The van der Waals surface area contributed by atoms with Gasteiger partial charge < -0.3 is 9.47 Å². The lowest BCUT2D eigenvalue weighted by molar-refractivity contribution is -0.138. The van der Waals surface area contributed by atoms with Crippen LogP contribution in [-0.4, -0.2) is 19.2 Å². The highest BCUT2D eigenvalue weighted by Gasteiger charge is 2.28. The second-order valence-corrected chi connectivity index (χ2v) is 7.65. The molecule has 3 rings (SSSR count). The second kappa shape index (κ2) is 9.64. The van der Waals surface area contributed by atoms with Crippen molar-refractivity contribution in [3.05, 3.63) is 97.6 Å². The van der Waals surface area contributed by atoms with Crippen LogP contribution in [-0.2, 0) is 20.4 Å². The first-order valence-electron chi connectivity index (χ1n) is 8.64. The Labute approximate surface area is 162 Å². The molecule has 136 valence electrons. The Hall–Kier alpha value is -2.98. The molecule has 3 aromatic carbocycles. The van der Waals surface area contributed by atoms with Gasteiger partial charge in [-0.1, -0.05) is 43.0 Å². The van der Waals surface area contributed by atoms with E-state index < -0.39 is 5.97 Å². The Morgan fingerprint density at radius 2 is 1.30 bits per heavy atom. The highest BCUT2D eigenvalue weighted by atomic mass is 32.2. The summed E-state index contributed by atoms with van der Waals surface area (Å²) in [5.41, 5.74) is 0. The Balaban J connectivity index is 1.74. The molecule has 0 aliphatic carbocycles. The van der Waals surface area contributed by atoms with Gasteiger partial charge in [0, 0.05) is 6.08 Å². The van der Waals surface area contributed by atoms with Crippen LogP contribution in [0.2, 0.25) is 0 Å². The van der Waals surface area contributed by atoms with E-state index in [2.05, 4.69) is 67.2 Å². The molecule has 0 aromatic heterocycles. The fourth-order valence-electron chi connectivity index (χ4n) is 2.55. The molecule has 0 saturated heterocycles. The van der Waals surface area contributed by atoms with Crippen LogP contribution in [0.1, 0.15) is 0 Å². The number of hydrogen-bond acceptors (Lipinski definition) is 3. The average Bonchev–Trinajstić information content (AvgIpc) is 2.74. The molecular formula is C23H21O3S+. The maximum absolute atomic E-state index is 11.0. The van der Waals surface area contributed by atoms with Crippen LogP contribution >= 0.6 is 0 Å². The van der Waals surface area contributed by atoms with Gasteiger partial charge in [-0.2, -0.15) is 0 Å². The van der Waals surface area contributed by atoms with E-state index >= 15 is 0 Å². The quantitative estimate of drug-likeness (QED) is 0.243. The number of esters is 1. The minimum Gasteiger partial charge on any atom is -0.490 e. The van der Waals surface area contributed by atoms with Crippen LogP contribution in [0.15, 0.2) is 112 Å². The van der Waals surface area contributed by atoms with E-state index in [9.17, 15) is 4.79 Å². The Bertz CT molecular complexity index is 822. The van der Waals surface area contributed by atoms with Gasteiger partial charge in [-0.3, -0.25) is 0 Å². The lowest BCUT2D eigenvalue weighted by Crippen LogP contribution is -2.10. The molecule has 0 aliphatic rings. The first kappa shape index (κ1) is 18.8. The Morgan fingerprint density at radius 3 is 1.81 bits per heavy atom. The van der Waals surface area contributed by atoms with Crippen molar-refractivity contribution < 1.29 is 14.3 Å². The predicted molar refractivity (Wildman–Crippen MR) is 108 cm³/mol. The van der Waals surface area contributed by atoms with E-state index in [1.807, 2.05) is 24.3 Å². The molecule has 0 heterocycles. The summed E-state index contributed by atoms with van der Waals surface area (Å²) in [4.78, 5) is 14.8. The molecule has 0 radical (unpaired) electrons. The second-order valence-electron chi connectivity index (χ2n) is 5.62. The number of carbonyl (C=O) groups excluding carboxylic acids is 1. The molecule has 0 bridgehead atoms. The van der Waals surface area contributed by atoms with Gasteiger partial charge >= 0.3 is 5.97 Å². The lowest BCUT2D eigenvalue weighted by atomic mass is 10.3. The lowest BCUT2D eigenvalue weighted by Gasteiger charge is -2.09. The fraction of sp³-hybridized carbons (Fsp3) is 0.0870. The largest absolute Gasteiger partial charge is 0.490 e. The average molecular weight is 377 g/mol. The van der Waals surface area contributed by atoms with Crippen molar-refractivity contribution in [1.29, 1.82) is 0 Å². The molecular weight excluding hydrogens is 356 g/mol. The molecule has 4 heteroatoms.